The number of Topliss-reactive ketones (excluding diaryl/α,β-unsaturated/α-hetero) is 1. The second-order valence-corrected chi connectivity index (χ2v) is 3.99. The number of hydrogen-bond donors (Lipinski definition) is 1. The fraction of sp³-hybridized carbons (Fsp3) is 0.214. The summed E-state index contributed by atoms with van der Waals surface area (Å²) in [5.41, 5.74) is 2.14. The van der Waals surface area contributed by atoms with E-state index in [-0.39, 0.29) is 5.78 Å². The third kappa shape index (κ3) is 2.91. The van der Waals surface area contributed by atoms with Crippen molar-refractivity contribution >= 4 is 17.4 Å². The molecule has 0 atom stereocenters. The lowest BCUT2D eigenvalue weighted by molar-refractivity contribution is 0.0983. The predicted molar refractivity (Wildman–Crippen MR) is 71.1 cm³/mol. The molecule has 0 aliphatic heterocycles. The Labute approximate surface area is 106 Å². The maximum atomic E-state index is 11.7. The first kappa shape index (κ1) is 12.2. The molecule has 0 spiro atoms. The number of rotatable bonds is 4. The van der Waals surface area contributed by atoms with Gasteiger partial charge in [0.2, 0.25) is 5.95 Å². The number of nitrogens with zero attached hydrogens (tertiary/aromatic N) is 2. The molecule has 0 aliphatic rings. The largest absolute Gasteiger partial charge is 0.324 e. The molecule has 0 unspecified atom stereocenters. The van der Waals surface area contributed by atoms with Gasteiger partial charge in [-0.15, -0.1) is 0 Å². The van der Waals surface area contributed by atoms with E-state index in [0.717, 1.165) is 11.4 Å². The van der Waals surface area contributed by atoms with E-state index in [2.05, 4.69) is 15.3 Å². The fourth-order valence-electron chi connectivity index (χ4n) is 1.60. The monoisotopic (exact) mass is 241 g/mol. The van der Waals surface area contributed by atoms with Crippen LogP contribution < -0.4 is 5.32 Å². The molecule has 0 saturated heterocycles. The Morgan fingerprint density at radius 3 is 2.61 bits per heavy atom. The van der Waals surface area contributed by atoms with E-state index in [1.807, 2.05) is 44.2 Å². The van der Waals surface area contributed by atoms with Crippen molar-refractivity contribution in [2.75, 3.05) is 5.32 Å². The molecule has 0 aliphatic carbocycles. The van der Waals surface area contributed by atoms with Crippen LogP contribution in [0.1, 0.15) is 29.5 Å². The Balaban J connectivity index is 2.28. The molecule has 0 bridgehead atoms. The summed E-state index contributed by atoms with van der Waals surface area (Å²) in [4.78, 5) is 20.2. The van der Waals surface area contributed by atoms with Crippen molar-refractivity contribution in [2.45, 2.75) is 20.3 Å². The topological polar surface area (TPSA) is 54.9 Å². The highest BCUT2D eigenvalue weighted by Crippen LogP contribution is 2.13. The van der Waals surface area contributed by atoms with Crippen LogP contribution >= 0.6 is 0 Å². The van der Waals surface area contributed by atoms with Gasteiger partial charge in [0.15, 0.2) is 5.78 Å². The number of aromatic nitrogens is 2. The standard InChI is InChI=1S/C14H15N3O/c1-3-13(18)12-9-10(2)15-14(17-12)16-11-7-5-4-6-8-11/h4-9H,3H2,1-2H3,(H,15,16,17). The molecule has 92 valence electrons. The van der Waals surface area contributed by atoms with Crippen molar-refractivity contribution in [1.82, 2.24) is 9.97 Å². The zero-order chi connectivity index (χ0) is 13.0. The van der Waals surface area contributed by atoms with Crippen molar-refractivity contribution < 1.29 is 4.79 Å². The second kappa shape index (κ2) is 5.40. The van der Waals surface area contributed by atoms with Crippen LogP contribution in [0.15, 0.2) is 36.4 Å². The summed E-state index contributed by atoms with van der Waals surface area (Å²) in [7, 11) is 0. The minimum atomic E-state index is 0.0246. The summed E-state index contributed by atoms with van der Waals surface area (Å²) >= 11 is 0. The Hall–Kier alpha value is -2.23. The van der Waals surface area contributed by atoms with Crippen molar-refractivity contribution in [2.24, 2.45) is 0 Å². The number of aryl methyl sites for hydroxylation is 1. The molecule has 0 fully saturated rings. The zero-order valence-electron chi connectivity index (χ0n) is 10.5. The van der Waals surface area contributed by atoms with Gasteiger partial charge in [-0.1, -0.05) is 25.1 Å². The van der Waals surface area contributed by atoms with E-state index in [0.29, 0.717) is 18.1 Å². The lowest BCUT2D eigenvalue weighted by Crippen LogP contribution is -2.06. The number of benzene rings is 1. The zero-order valence-corrected chi connectivity index (χ0v) is 10.5. The Morgan fingerprint density at radius 1 is 1.22 bits per heavy atom. The SMILES string of the molecule is CCC(=O)c1cc(C)nc(Nc2ccccc2)n1. The van der Waals surface area contributed by atoms with Crippen LogP contribution in [0.5, 0.6) is 0 Å². The van der Waals surface area contributed by atoms with Gasteiger partial charge in [-0.05, 0) is 25.1 Å². The molecular weight excluding hydrogens is 226 g/mol. The highest BCUT2D eigenvalue weighted by Gasteiger charge is 2.08. The average molecular weight is 241 g/mol. The summed E-state index contributed by atoms with van der Waals surface area (Å²) in [6.45, 7) is 3.67. The molecule has 1 aromatic heterocycles. The lowest BCUT2D eigenvalue weighted by atomic mass is 10.2. The van der Waals surface area contributed by atoms with Crippen LogP contribution in [0.2, 0.25) is 0 Å². The molecule has 0 saturated carbocycles. The number of para-hydroxylation sites is 1. The molecular formula is C14H15N3O. The maximum Gasteiger partial charge on any atom is 0.228 e. The third-order valence-corrected chi connectivity index (χ3v) is 2.49. The first-order valence-electron chi connectivity index (χ1n) is 5.90. The summed E-state index contributed by atoms with van der Waals surface area (Å²) in [5, 5.41) is 3.09. The van der Waals surface area contributed by atoms with Gasteiger partial charge in [-0.3, -0.25) is 4.79 Å². The van der Waals surface area contributed by atoms with Crippen LogP contribution in [-0.2, 0) is 0 Å². The number of hydrogen-bond acceptors (Lipinski definition) is 4. The molecule has 0 radical (unpaired) electrons. The minimum Gasteiger partial charge on any atom is -0.324 e. The van der Waals surface area contributed by atoms with E-state index < -0.39 is 0 Å². The highest BCUT2D eigenvalue weighted by molar-refractivity contribution is 5.94. The van der Waals surface area contributed by atoms with Crippen molar-refractivity contribution in [3.8, 4) is 0 Å². The molecule has 0 amide bonds. The number of anilines is 2. The Kier molecular flexibility index (Phi) is 3.67. The first-order chi connectivity index (χ1) is 8.69. The smallest absolute Gasteiger partial charge is 0.228 e. The molecule has 18 heavy (non-hydrogen) atoms. The maximum absolute atomic E-state index is 11.7. The highest BCUT2D eigenvalue weighted by atomic mass is 16.1. The van der Waals surface area contributed by atoms with E-state index in [1.165, 1.54) is 0 Å². The molecule has 1 N–H and O–H groups in total. The van der Waals surface area contributed by atoms with Gasteiger partial charge < -0.3 is 5.32 Å². The molecule has 1 heterocycles. The van der Waals surface area contributed by atoms with Gasteiger partial charge in [-0.25, -0.2) is 9.97 Å². The first-order valence-corrected chi connectivity index (χ1v) is 5.90. The molecule has 4 heteroatoms. The average Bonchev–Trinajstić information content (AvgIpc) is 2.38. The van der Waals surface area contributed by atoms with E-state index in [1.54, 1.807) is 6.07 Å². The van der Waals surface area contributed by atoms with Crippen LogP contribution in [-0.4, -0.2) is 15.8 Å². The normalized spacial score (nSPS) is 10.1. The van der Waals surface area contributed by atoms with Crippen LogP contribution in [0.4, 0.5) is 11.6 Å². The Bertz CT molecular complexity index is 552. The predicted octanol–water partition coefficient (Wildman–Crippen LogP) is 3.12. The van der Waals surface area contributed by atoms with Gasteiger partial charge in [0.1, 0.15) is 5.69 Å². The Morgan fingerprint density at radius 2 is 1.94 bits per heavy atom. The third-order valence-electron chi connectivity index (χ3n) is 2.49. The summed E-state index contributed by atoms with van der Waals surface area (Å²) in [6, 6.07) is 11.4. The van der Waals surface area contributed by atoms with Crippen LogP contribution in [0.3, 0.4) is 0 Å². The van der Waals surface area contributed by atoms with Gasteiger partial charge in [0.25, 0.3) is 0 Å². The van der Waals surface area contributed by atoms with Gasteiger partial charge in [0, 0.05) is 17.8 Å². The van der Waals surface area contributed by atoms with Gasteiger partial charge in [0.05, 0.1) is 0 Å². The fourth-order valence-corrected chi connectivity index (χ4v) is 1.60. The quantitative estimate of drug-likeness (QED) is 0.835. The van der Waals surface area contributed by atoms with Crippen LogP contribution in [0, 0.1) is 6.92 Å². The number of carbonyl (C=O) groups excluding carboxylic acids is 1. The number of carbonyl (C=O) groups is 1. The van der Waals surface area contributed by atoms with Gasteiger partial charge >= 0.3 is 0 Å². The van der Waals surface area contributed by atoms with E-state index >= 15 is 0 Å². The van der Waals surface area contributed by atoms with E-state index in [4.69, 9.17) is 0 Å². The molecule has 2 aromatic rings. The minimum absolute atomic E-state index is 0.0246. The van der Waals surface area contributed by atoms with Crippen molar-refractivity contribution in [3.05, 3.63) is 47.8 Å². The molecule has 4 nitrogen and oxygen atoms in total. The lowest BCUT2D eigenvalue weighted by Gasteiger charge is -2.07. The summed E-state index contributed by atoms with van der Waals surface area (Å²) in [5.74, 6) is 0.481. The van der Waals surface area contributed by atoms with Crippen molar-refractivity contribution in [3.63, 3.8) is 0 Å². The van der Waals surface area contributed by atoms with Crippen molar-refractivity contribution in [1.29, 1.82) is 0 Å². The van der Waals surface area contributed by atoms with Crippen LogP contribution in [0.25, 0.3) is 0 Å². The summed E-state index contributed by atoms with van der Waals surface area (Å²) < 4.78 is 0. The van der Waals surface area contributed by atoms with Gasteiger partial charge in [-0.2, -0.15) is 0 Å². The number of ketones is 1. The summed E-state index contributed by atoms with van der Waals surface area (Å²) in [6.07, 6.45) is 0.446. The number of nitrogens with one attached hydrogen (secondary N) is 1. The molecule has 1 aromatic carbocycles. The second-order valence-electron chi connectivity index (χ2n) is 3.99. The van der Waals surface area contributed by atoms with E-state index in [9.17, 15) is 4.79 Å². The molecule has 2 rings (SSSR count).